The summed E-state index contributed by atoms with van der Waals surface area (Å²) in [7, 11) is 0. The number of thiocyanates is 1. The lowest BCUT2D eigenvalue weighted by atomic mass is 10.1. The van der Waals surface area contributed by atoms with Crippen LogP contribution in [-0.4, -0.2) is 17.5 Å². The number of aryl methyl sites for hydroxylation is 1. The molecule has 1 aliphatic rings. The minimum Gasteiger partial charge on any atom is -0.435 e. The largest absolute Gasteiger partial charge is 0.435 e. The first-order chi connectivity index (χ1) is 9.78. The Labute approximate surface area is 122 Å². The number of thioether (sulfide) groups is 1. The van der Waals surface area contributed by atoms with Gasteiger partial charge in [0.05, 0.1) is 5.56 Å². The number of hydrogen-bond donors (Lipinski definition) is 0. The zero-order chi connectivity index (χ0) is 13.9. The van der Waals surface area contributed by atoms with Crippen LogP contribution in [0.4, 0.5) is 5.69 Å². The highest BCUT2D eigenvalue weighted by Crippen LogP contribution is 2.27. The molecule has 0 saturated heterocycles. The fourth-order valence-electron chi connectivity index (χ4n) is 2.22. The van der Waals surface area contributed by atoms with Crippen LogP contribution >= 0.6 is 11.8 Å². The molecule has 1 heterocycles. The maximum atomic E-state index is 8.65. The van der Waals surface area contributed by atoms with Gasteiger partial charge in [-0.2, -0.15) is 9.84 Å². The predicted molar refractivity (Wildman–Crippen MR) is 79.7 cm³/mol. The predicted octanol–water partition coefficient (Wildman–Crippen LogP) is 3.68. The fraction of sp³-hybridized carbons (Fsp3) is 0.125. The van der Waals surface area contributed by atoms with Gasteiger partial charge < -0.3 is 4.74 Å². The topological polar surface area (TPSA) is 36.0 Å². The Bertz CT molecular complexity index is 714. The van der Waals surface area contributed by atoms with E-state index in [0.29, 0.717) is 6.73 Å². The van der Waals surface area contributed by atoms with Crippen molar-refractivity contribution in [3.63, 3.8) is 0 Å². The van der Waals surface area contributed by atoms with E-state index in [4.69, 9.17) is 10.00 Å². The quantitative estimate of drug-likeness (QED) is 0.478. The Morgan fingerprint density at radius 3 is 2.75 bits per heavy atom. The van der Waals surface area contributed by atoms with Gasteiger partial charge in [0.1, 0.15) is 11.2 Å². The summed E-state index contributed by atoms with van der Waals surface area (Å²) in [4.78, 5) is 0.949. The minimum absolute atomic E-state index is 0.503. The van der Waals surface area contributed by atoms with Crippen molar-refractivity contribution in [1.82, 2.24) is 0 Å². The van der Waals surface area contributed by atoms with Crippen molar-refractivity contribution >= 4 is 23.7 Å². The van der Waals surface area contributed by atoms with Gasteiger partial charge in [0.15, 0.2) is 6.21 Å². The highest BCUT2D eigenvalue weighted by molar-refractivity contribution is 8.03. The van der Waals surface area contributed by atoms with Crippen molar-refractivity contribution in [3.05, 3.63) is 53.6 Å². The van der Waals surface area contributed by atoms with Gasteiger partial charge in [0.25, 0.3) is 6.73 Å². The van der Waals surface area contributed by atoms with Crippen molar-refractivity contribution in [3.8, 4) is 11.2 Å². The molecule has 0 bridgehead atoms. The summed E-state index contributed by atoms with van der Waals surface area (Å²) in [5.74, 6) is 0.959. The van der Waals surface area contributed by atoms with Gasteiger partial charge in [-0.15, -0.1) is 0 Å². The van der Waals surface area contributed by atoms with Crippen LogP contribution in [0.15, 0.2) is 47.4 Å². The second kappa shape index (κ2) is 5.40. The monoisotopic (exact) mass is 281 g/mol. The number of nitriles is 1. The molecule has 3 nitrogen and oxygen atoms in total. The van der Waals surface area contributed by atoms with Gasteiger partial charge in [-0.25, -0.2) is 0 Å². The standard InChI is InChI=1S/C16H13N2OS/c1-12-3-2-4-13-9-18(11-19-16(12)13)14-5-7-15(8-6-14)20-10-17/h2-9H,11H2,1H3/q+1. The van der Waals surface area contributed by atoms with Gasteiger partial charge in [0, 0.05) is 17.0 Å². The Balaban J connectivity index is 1.94. The van der Waals surface area contributed by atoms with E-state index in [1.807, 2.05) is 36.4 Å². The molecule has 0 aromatic heterocycles. The summed E-state index contributed by atoms with van der Waals surface area (Å²) in [6, 6.07) is 14.0. The molecule has 98 valence electrons. The third-order valence-corrected chi connectivity index (χ3v) is 3.82. The van der Waals surface area contributed by atoms with Crippen molar-refractivity contribution in [2.45, 2.75) is 11.8 Å². The molecule has 3 rings (SSSR count). The summed E-state index contributed by atoms with van der Waals surface area (Å²) >= 11 is 1.17. The van der Waals surface area contributed by atoms with E-state index in [9.17, 15) is 0 Å². The van der Waals surface area contributed by atoms with Gasteiger partial charge in [0.2, 0.25) is 5.69 Å². The maximum absolute atomic E-state index is 8.65. The van der Waals surface area contributed by atoms with E-state index in [1.165, 1.54) is 11.8 Å². The summed E-state index contributed by atoms with van der Waals surface area (Å²) in [5, 5.41) is 10.7. The Morgan fingerprint density at radius 2 is 2.00 bits per heavy atom. The molecule has 2 aromatic rings. The highest BCUT2D eigenvalue weighted by Gasteiger charge is 2.19. The molecule has 0 fully saturated rings. The van der Waals surface area contributed by atoms with E-state index in [0.717, 1.165) is 27.5 Å². The van der Waals surface area contributed by atoms with Crippen LogP contribution in [0.1, 0.15) is 11.1 Å². The molecule has 0 N–H and O–H groups in total. The number of ether oxygens (including phenoxy) is 1. The Morgan fingerprint density at radius 1 is 1.20 bits per heavy atom. The van der Waals surface area contributed by atoms with Crippen molar-refractivity contribution in [1.29, 1.82) is 5.26 Å². The minimum atomic E-state index is 0.503. The molecule has 0 unspecified atom stereocenters. The number of benzene rings is 2. The van der Waals surface area contributed by atoms with E-state index in [2.05, 4.69) is 29.2 Å². The first-order valence-electron chi connectivity index (χ1n) is 6.28. The second-order valence-corrected chi connectivity index (χ2v) is 5.41. The zero-order valence-corrected chi connectivity index (χ0v) is 11.9. The highest BCUT2D eigenvalue weighted by atomic mass is 32.2. The zero-order valence-electron chi connectivity index (χ0n) is 11.0. The van der Waals surface area contributed by atoms with Crippen LogP contribution in [0.5, 0.6) is 5.75 Å². The van der Waals surface area contributed by atoms with Crippen LogP contribution < -0.4 is 4.74 Å². The number of nitrogens with zero attached hydrogens (tertiary/aromatic N) is 2. The van der Waals surface area contributed by atoms with E-state index >= 15 is 0 Å². The maximum Gasteiger partial charge on any atom is 0.292 e. The SMILES string of the molecule is Cc1cccc2c1OC[N+](c1ccc(SC#N)cc1)=C2. The molecular weight excluding hydrogens is 268 g/mol. The lowest BCUT2D eigenvalue weighted by Gasteiger charge is -2.15. The van der Waals surface area contributed by atoms with Crippen LogP contribution in [0.2, 0.25) is 0 Å². The van der Waals surface area contributed by atoms with Gasteiger partial charge in [-0.1, -0.05) is 12.1 Å². The van der Waals surface area contributed by atoms with Crippen LogP contribution in [0, 0.1) is 17.6 Å². The van der Waals surface area contributed by atoms with E-state index < -0.39 is 0 Å². The molecule has 20 heavy (non-hydrogen) atoms. The summed E-state index contributed by atoms with van der Waals surface area (Å²) in [5.41, 5.74) is 3.30. The number of rotatable bonds is 2. The first kappa shape index (κ1) is 12.8. The third kappa shape index (κ3) is 2.40. The molecule has 0 atom stereocenters. The lowest BCUT2D eigenvalue weighted by molar-refractivity contribution is -0.476. The van der Waals surface area contributed by atoms with Gasteiger partial charge in [-0.3, -0.25) is 0 Å². The molecule has 4 heteroatoms. The number of fused-ring (bicyclic) bond motifs is 1. The molecule has 2 aromatic carbocycles. The Kier molecular flexibility index (Phi) is 3.44. The van der Waals surface area contributed by atoms with Crippen LogP contribution in [0.25, 0.3) is 0 Å². The second-order valence-electron chi connectivity index (χ2n) is 4.55. The van der Waals surface area contributed by atoms with Crippen LogP contribution in [-0.2, 0) is 0 Å². The van der Waals surface area contributed by atoms with E-state index in [-0.39, 0.29) is 0 Å². The molecule has 0 spiro atoms. The van der Waals surface area contributed by atoms with Crippen molar-refractivity contribution in [2.75, 3.05) is 6.73 Å². The first-order valence-corrected chi connectivity index (χ1v) is 7.09. The molecule has 0 saturated carbocycles. The third-order valence-electron chi connectivity index (χ3n) is 3.22. The van der Waals surface area contributed by atoms with E-state index in [1.54, 1.807) is 0 Å². The normalized spacial score (nSPS) is 12.9. The summed E-state index contributed by atoms with van der Waals surface area (Å²) < 4.78 is 7.89. The number of para-hydroxylation sites is 1. The molecule has 0 amide bonds. The average Bonchev–Trinajstić information content (AvgIpc) is 2.48. The van der Waals surface area contributed by atoms with Crippen molar-refractivity contribution in [2.24, 2.45) is 0 Å². The smallest absolute Gasteiger partial charge is 0.292 e. The van der Waals surface area contributed by atoms with Gasteiger partial charge in [-0.05, 0) is 42.4 Å². The fourth-order valence-corrected chi connectivity index (χ4v) is 2.60. The average molecular weight is 281 g/mol. The lowest BCUT2D eigenvalue weighted by Crippen LogP contribution is -2.21. The molecule has 0 radical (unpaired) electrons. The summed E-state index contributed by atoms with van der Waals surface area (Å²) in [6.07, 6.45) is 2.10. The van der Waals surface area contributed by atoms with Gasteiger partial charge >= 0.3 is 0 Å². The Hall–Kier alpha value is -2.25. The number of hydrogen-bond acceptors (Lipinski definition) is 3. The summed E-state index contributed by atoms with van der Waals surface area (Å²) in [6.45, 7) is 2.55. The van der Waals surface area contributed by atoms with Crippen LogP contribution in [0.3, 0.4) is 0 Å². The van der Waals surface area contributed by atoms with Crippen molar-refractivity contribution < 1.29 is 9.31 Å². The molecular formula is C16H13N2OS+. The molecule has 1 aliphatic heterocycles. The molecule has 0 aliphatic carbocycles.